The van der Waals surface area contributed by atoms with Gasteiger partial charge in [-0.15, -0.1) is 0 Å². The van der Waals surface area contributed by atoms with E-state index in [4.69, 9.17) is 4.52 Å². The monoisotopic (exact) mass is 289 g/mol. The molecule has 1 aliphatic heterocycles. The fourth-order valence-corrected chi connectivity index (χ4v) is 2.84. The average Bonchev–Trinajstić information content (AvgIpc) is 2.99. The fraction of sp³-hybridized carbons (Fsp3) is 0.500. The molecular formula is C16H20FN3O. The number of benzene rings is 1. The molecule has 0 spiro atoms. The van der Waals surface area contributed by atoms with E-state index in [0.717, 1.165) is 25.1 Å². The molecule has 2 heterocycles. The molecule has 1 saturated heterocycles. The lowest BCUT2D eigenvalue weighted by atomic mass is 9.75. The van der Waals surface area contributed by atoms with E-state index in [1.807, 2.05) is 0 Å². The molecule has 1 fully saturated rings. The summed E-state index contributed by atoms with van der Waals surface area (Å²) in [5, 5.41) is 7.47. The highest BCUT2D eigenvalue weighted by molar-refractivity contribution is 5.53. The van der Waals surface area contributed by atoms with Gasteiger partial charge in [-0.3, -0.25) is 0 Å². The van der Waals surface area contributed by atoms with Crippen molar-refractivity contribution in [2.45, 2.75) is 32.1 Å². The molecule has 1 atom stereocenters. The van der Waals surface area contributed by atoms with Gasteiger partial charge in [0.25, 0.3) is 0 Å². The Labute approximate surface area is 123 Å². The van der Waals surface area contributed by atoms with E-state index in [-0.39, 0.29) is 11.2 Å². The summed E-state index contributed by atoms with van der Waals surface area (Å²) in [6, 6.07) is 6.14. The van der Waals surface area contributed by atoms with E-state index in [1.54, 1.807) is 12.1 Å². The summed E-state index contributed by atoms with van der Waals surface area (Å²) in [7, 11) is 0. The first-order chi connectivity index (χ1) is 10.1. The van der Waals surface area contributed by atoms with Crippen LogP contribution < -0.4 is 5.32 Å². The Morgan fingerprint density at radius 3 is 2.71 bits per heavy atom. The maximum absolute atomic E-state index is 13.0. The van der Waals surface area contributed by atoms with E-state index in [0.29, 0.717) is 17.6 Å². The van der Waals surface area contributed by atoms with Gasteiger partial charge >= 0.3 is 0 Å². The minimum Gasteiger partial charge on any atom is -0.338 e. The molecule has 0 bridgehead atoms. The van der Waals surface area contributed by atoms with Gasteiger partial charge in [-0.25, -0.2) is 4.39 Å². The number of nitrogens with one attached hydrogen (secondary N) is 1. The van der Waals surface area contributed by atoms with Gasteiger partial charge in [0.2, 0.25) is 11.7 Å². The Morgan fingerprint density at radius 2 is 2.05 bits per heavy atom. The van der Waals surface area contributed by atoms with E-state index in [2.05, 4.69) is 29.3 Å². The Bertz CT molecular complexity index is 600. The van der Waals surface area contributed by atoms with E-state index in [1.165, 1.54) is 18.6 Å². The third-order valence-electron chi connectivity index (χ3n) is 4.40. The van der Waals surface area contributed by atoms with Crippen LogP contribution in [0.25, 0.3) is 11.4 Å². The molecule has 0 aliphatic carbocycles. The molecule has 1 aromatic carbocycles. The van der Waals surface area contributed by atoms with Crippen LogP contribution in [-0.4, -0.2) is 23.2 Å². The lowest BCUT2D eigenvalue weighted by molar-refractivity contribution is 0.196. The summed E-state index contributed by atoms with van der Waals surface area (Å²) in [5.41, 5.74) is 0.600. The lowest BCUT2D eigenvalue weighted by Crippen LogP contribution is -2.40. The van der Waals surface area contributed by atoms with Crippen LogP contribution in [0.2, 0.25) is 0 Å². The predicted molar refractivity (Wildman–Crippen MR) is 78.3 cm³/mol. The Kier molecular flexibility index (Phi) is 3.76. The fourth-order valence-electron chi connectivity index (χ4n) is 2.84. The van der Waals surface area contributed by atoms with Crippen molar-refractivity contribution in [3.63, 3.8) is 0 Å². The average molecular weight is 289 g/mol. The Morgan fingerprint density at radius 1 is 1.29 bits per heavy atom. The maximum Gasteiger partial charge on any atom is 0.232 e. The highest BCUT2D eigenvalue weighted by atomic mass is 19.1. The molecule has 1 unspecified atom stereocenters. The van der Waals surface area contributed by atoms with Crippen LogP contribution in [0.3, 0.4) is 0 Å². The molecule has 2 aromatic rings. The largest absolute Gasteiger partial charge is 0.338 e. The van der Waals surface area contributed by atoms with Gasteiger partial charge in [0.15, 0.2) is 0 Å². The maximum atomic E-state index is 13.0. The van der Waals surface area contributed by atoms with E-state index < -0.39 is 0 Å². The van der Waals surface area contributed by atoms with Crippen LogP contribution in [0.4, 0.5) is 4.39 Å². The number of hydrogen-bond acceptors (Lipinski definition) is 4. The molecule has 1 aromatic heterocycles. The van der Waals surface area contributed by atoms with Crippen LogP contribution in [0, 0.1) is 11.7 Å². The molecule has 3 rings (SSSR count). The molecule has 0 amide bonds. The van der Waals surface area contributed by atoms with Gasteiger partial charge in [-0.2, -0.15) is 4.98 Å². The summed E-state index contributed by atoms with van der Waals surface area (Å²) in [4.78, 5) is 4.53. The van der Waals surface area contributed by atoms with Crippen molar-refractivity contribution in [3.8, 4) is 11.4 Å². The minimum absolute atomic E-state index is 0.168. The van der Waals surface area contributed by atoms with Crippen molar-refractivity contribution in [1.82, 2.24) is 15.5 Å². The van der Waals surface area contributed by atoms with Crippen LogP contribution in [0.1, 0.15) is 32.6 Å². The zero-order chi connectivity index (χ0) is 14.9. The molecular weight excluding hydrogens is 269 g/mol. The number of aromatic nitrogens is 2. The zero-order valence-electron chi connectivity index (χ0n) is 12.4. The standard InChI is InChI=1S/C16H20FN3O/c1-16(2,12-4-3-9-18-10-12)15-19-14(20-21-15)11-5-7-13(17)8-6-11/h5-8,12,18H,3-4,9-10H2,1-2H3. The van der Waals surface area contributed by atoms with Gasteiger partial charge in [-0.05, 0) is 56.1 Å². The topological polar surface area (TPSA) is 51.0 Å². The second-order valence-electron chi connectivity index (χ2n) is 6.19. The molecule has 5 heteroatoms. The summed E-state index contributed by atoms with van der Waals surface area (Å²) in [6.07, 6.45) is 2.33. The summed E-state index contributed by atoms with van der Waals surface area (Å²) in [5.74, 6) is 1.38. The highest BCUT2D eigenvalue weighted by Crippen LogP contribution is 2.35. The number of nitrogens with zero attached hydrogens (tertiary/aromatic N) is 2. The first kappa shape index (κ1) is 14.2. The van der Waals surface area contributed by atoms with Crippen molar-refractivity contribution >= 4 is 0 Å². The van der Waals surface area contributed by atoms with E-state index >= 15 is 0 Å². The second-order valence-corrected chi connectivity index (χ2v) is 6.19. The van der Waals surface area contributed by atoms with Crippen molar-refractivity contribution < 1.29 is 8.91 Å². The first-order valence-corrected chi connectivity index (χ1v) is 7.38. The second kappa shape index (κ2) is 5.56. The number of hydrogen-bond donors (Lipinski definition) is 1. The molecule has 4 nitrogen and oxygen atoms in total. The first-order valence-electron chi connectivity index (χ1n) is 7.38. The predicted octanol–water partition coefficient (Wildman–Crippen LogP) is 3.15. The smallest absolute Gasteiger partial charge is 0.232 e. The molecule has 21 heavy (non-hydrogen) atoms. The number of halogens is 1. The summed E-state index contributed by atoms with van der Waals surface area (Å²) >= 11 is 0. The third kappa shape index (κ3) is 2.83. The Balaban J connectivity index is 1.84. The Hall–Kier alpha value is -1.75. The molecule has 1 aliphatic rings. The van der Waals surface area contributed by atoms with Gasteiger partial charge in [0.1, 0.15) is 5.82 Å². The quantitative estimate of drug-likeness (QED) is 0.943. The van der Waals surface area contributed by atoms with Crippen LogP contribution >= 0.6 is 0 Å². The summed E-state index contributed by atoms with van der Waals surface area (Å²) in [6.45, 7) is 6.34. The normalized spacial score (nSPS) is 19.7. The summed E-state index contributed by atoms with van der Waals surface area (Å²) < 4.78 is 18.5. The van der Waals surface area contributed by atoms with Crippen molar-refractivity contribution in [2.75, 3.05) is 13.1 Å². The van der Waals surface area contributed by atoms with Crippen molar-refractivity contribution in [2.24, 2.45) is 5.92 Å². The molecule has 1 N–H and O–H groups in total. The third-order valence-corrected chi connectivity index (χ3v) is 4.40. The van der Waals surface area contributed by atoms with Gasteiger partial charge in [0, 0.05) is 11.0 Å². The van der Waals surface area contributed by atoms with Gasteiger partial charge in [0.05, 0.1) is 0 Å². The van der Waals surface area contributed by atoms with Crippen molar-refractivity contribution in [1.29, 1.82) is 0 Å². The van der Waals surface area contributed by atoms with Crippen molar-refractivity contribution in [3.05, 3.63) is 36.0 Å². The molecule has 0 saturated carbocycles. The highest BCUT2D eigenvalue weighted by Gasteiger charge is 2.37. The van der Waals surface area contributed by atoms with Gasteiger partial charge < -0.3 is 9.84 Å². The van der Waals surface area contributed by atoms with Crippen LogP contribution in [0.15, 0.2) is 28.8 Å². The molecule has 112 valence electrons. The van der Waals surface area contributed by atoms with Crippen LogP contribution in [0.5, 0.6) is 0 Å². The lowest BCUT2D eigenvalue weighted by Gasteiger charge is -2.34. The zero-order valence-corrected chi connectivity index (χ0v) is 12.4. The molecule has 0 radical (unpaired) electrons. The van der Waals surface area contributed by atoms with E-state index in [9.17, 15) is 4.39 Å². The minimum atomic E-state index is -0.268. The van der Waals surface area contributed by atoms with Crippen LogP contribution in [-0.2, 0) is 5.41 Å². The SMILES string of the molecule is CC(C)(c1nc(-c2ccc(F)cc2)no1)C1CCCNC1. The number of piperidine rings is 1. The van der Waals surface area contributed by atoms with Gasteiger partial charge in [-0.1, -0.05) is 19.0 Å². The number of rotatable bonds is 3.